The largest absolute Gasteiger partial charge is 0.489 e. The van der Waals surface area contributed by atoms with E-state index in [9.17, 15) is 14.4 Å². The molecule has 25 heavy (non-hydrogen) atoms. The predicted molar refractivity (Wildman–Crippen MR) is 90.3 cm³/mol. The van der Waals surface area contributed by atoms with Gasteiger partial charge in [0.1, 0.15) is 17.9 Å². The minimum absolute atomic E-state index is 0.0262. The second kappa shape index (κ2) is 5.47. The van der Waals surface area contributed by atoms with E-state index < -0.39 is 17.6 Å². The average molecular weight is 343 g/mol. The first-order valence-corrected chi connectivity index (χ1v) is 8.58. The fourth-order valence-electron chi connectivity index (χ4n) is 4.21. The lowest BCUT2D eigenvalue weighted by molar-refractivity contribution is -0.138. The maximum atomic E-state index is 13.1. The number of hydrogen-bond donors (Lipinski definition) is 0. The van der Waals surface area contributed by atoms with Gasteiger partial charge in [0, 0.05) is 14.1 Å². The Labute approximate surface area is 146 Å². The number of likely N-dealkylation sites (N-methyl/N-ethyl adjacent to an activating group) is 2. The van der Waals surface area contributed by atoms with E-state index in [1.807, 2.05) is 12.1 Å². The van der Waals surface area contributed by atoms with Crippen LogP contribution in [0.25, 0.3) is 0 Å². The van der Waals surface area contributed by atoms with E-state index in [0.717, 1.165) is 17.7 Å². The molecular weight excluding hydrogens is 322 g/mol. The maximum Gasteiger partial charge on any atom is 0.328 e. The van der Waals surface area contributed by atoms with Gasteiger partial charge in [-0.25, -0.2) is 9.69 Å². The molecule has 2 aliphatic heterocycles. The Hall–Kier alpha value is -2.57. The van der Waals surface area contributed by atoms with Crippen molar-refractivity contribution in [2.45, 2.75) is 37.3 Å². The number of urea groups is 1. The summed E-state index contributed by atoms with van der Waals surface area (Å²) in [5, 5.41) is 0. The summed E-state index contributed by atoms with van der Waals surface area (Å²) < 4.78 is 5.77. The molecule has 0 unspecified atom stereocenters. The number of para-hydroxylation sites is 2. The average Bonchev–Trinajstić information content (AvgIpc) is 3.15. The lowest BCUT2D eigenvalue weighted by Gasteiger charge is -2.27. The molecule has 1 aromatic rings. The molecule has 1 saturated carbocycles. The molecule has 1 spiro atoms. The standard InChI is InChI=1S/C18H21N3O4/c1-19-12-7-3-4-8-14(12)25-11-13(15(19)22)21-16(23)18(9-5-6-10-18)20(2)17(21)24/h3-4,7-8,13H,5-6,9-11H2,1-2H3/t13-/m0/s1. The fraction of sp³-hybridized carbons (Fsp3) is 0.500. The second-order valence-corrected chi connectivity index (χ2v) is 6.95. The van der Waals surface area contributed by atoms with Crippen LogP contribution in [-0.4, -0.2) is 59.9 Å². The van der Waals surface area contributed by atoms with Gasteiger partial charge in [-0.15, -0.1) is 0 Å². The van der Waals surface area contributed by atoms with Gasteiger partial charge >= 0.3 is 6.03 Å². The lowest BCUT2D eigenvalue weighted by atomic mass is 9.96. The van der Waals surface area contributed by atoms with Gasteiger partial charge in [-0.2, -0.15) is 0 Å². The minimum atomic E-state index is -0.945. The molecule has 4 amide bonds. The summed E-state index contributed by atoms with van der Waals surface area (Å²) >= 11 is 0. The number of benzene rings is 1. The minimum Gasteiger partial charge on any atom is -0.489 e. The van der Waals surface area contributed by atoms with Gasteiger partial charge in [-0.1, -0.05) is 25.0 Å². The Bertz CT molecular complexity index is 756. The Kier molecular flexibility index (Phi) is 3.49. The van der Waals surface area contributed by atoms with Gasteiger partial charge in [0.2, 0.25) is 0 Å². The van der Waals surface area contributed by atoms with Gasteiger partial charge in [0.05, 0.1) is 5.69 Å². The molecule has 1 aliphatic carbocycles. The summed E-state index contributed by atoms with van der Waals surface area (Å²) in [4.78, 5) is 43.0. The molecule has 7 nitrogen and oxygen atoms in total. The Morgan fingerprint density at radius 1 is 1.08 bits per heavy atom. The van der Waals surface area contributed by atoms with E-state index in [1.54, 1.807) is 26.2 Å². The first-order valence-electron chi connectivity index (χ1n) is 8.58. The molecule has 1 saturated heterocycles. The summed E-state index contributed by atoms with van der Waals surface area (Å²) in [6.45, 7) is -0.0262. The van der Waals surface area contributed by atoms with Crippen LogP contribution in [0.4, 0.5) is 10.5 Å². The summed E-state index contributed by atoms with van der Waals surface area (Å²) in [7, 11) is 3.30. The van der Waals surface area contributed by atoms with Crippen LogP contribution >= 0.6 is 0 Å². The zero-order chi connectivity index (χ0) is 17.8. The third-order valence-electron chi connectivity index (χ3n) is 5.73. The Morgan fingerprint density at radius 2 is 1.76 bits per heavy atom. The SMILES string of the molecule is CN1C(=O)[C@@H](N2C(=O)N(C)C3(CCCC3)C2=O)COc2ccccc21. The van der Waals surface area contributed by atoms with Crippen molar-refractivity contribution in [1.29, 1.82) is 0 Å². The molecule has 0 radical (unpaired) electrons. The van der Waals surface area contributed by atoms with E-state index >= 15 is 0 Å². The number of carbonyl (C=O) groups is 3. The highest BCUT2D eigenvalue weighted by atomic mass is 16.5. The van der Waals surface area contributed by atoms with Gasteiger partial charge in [0.25, 0.3) is 11.8 Å². The first-order chi connectivity index (χ1) is 12.0. The molecule has 0 aromatic heterocycles. The molecule has 3 aliphatic rings. The molecule has 132 valence electrons. The third-order valence-corrected chi connectivity index (χ3v) is 5.73. The van der Waals surface area contributed by atoms with E-state index in [1.165, 1.54) is 9.80 Å². The van der Waals surface area contributed by atoms with Crippen LogP contribution < -0.4 is 9.64 Å². The second-order valence-electron chi connectivity index (χ2n) is 6.95. The van der Waals surface area contributed by atoms with E-state index in [0.29, 0.717) is 24.3 Å². The number of anilines is 1. The van der Waals surface area contributed by atoms with Crippen molar-refractivity contribution in [2.75, 3.05) is 25.6 Å². The van der Waals surface area contributed by atoms with Crippen molar-refractivity contribution in [3.8, 4) is 5.75 Å². The number of imide groups is 1. The number of hydrogen-bond acceptors (Lipinski definition) is 4. The monoisotopic (exact) mass is 343 g/mol. The zero-order valence-electron chi connectivity index (χ0n) is 14.4. The molecule has 7 heteroatoms. The Morgan fingerprint density at radius 3 is 2.48 bits per heavy atom. The van der Waals surface area contributed by atoms with E-state index in [-0.39, 0.29) is 18.4 Å². The highest BCUT2D eigenvalue weighted by molar-refractivity contribution is 6.12. The van der Waals surface area contributed by atoms with Crippen molar-refractivity contribution in [3.63, 3.8) is 0 Å². The normalized spacial score (nSPS) is 25.4. The zero-order valence-corrected chi connectivity index (χ0v) is 14.4. The molecule has 1 atom stereocenters. The molecule has 1 aromatic carbocycles. The molecule has 0 bridgehead atoms. The summed E-state index contributed by atoms with van der Waals surface area (Å²) in [5.41, 5.74) is -0.146. The van der Waals surface area contributed by atoms with Crippen LogP contribution in [0.3, 0.4) is 0 Å². The van der Waals surface area contributed by atoms with Crippen molar-refractivity contribution >= 4 is 23.5 Å². The van der Waals surface area contributed by atoms with E-state index in [4.69, 9.17) is 4.74 Å². The highest BCUT2D eigenvalue weighted by Crippen LogP contribution is 2.42. The van der Waals surface area contributed by atoms with Crippen LogP contribution in [0.5, 0.6) is 5.75 Å². The number of ether oxygens (including phenoxy) is 1. The summed E-state index contributed by atoms with van der Waals surface area (Å²) in [5.74, 6) is -0.00205. The number of carbonyl (C=O) groups excluding carboxylic acids is 3. The summed E-state index contributed by atoms with van der Waals surface area (Å²) in [6, 6.07) is 5.85. The smallest absolute Gasteiger partial charge is 0.328 e. The van der Waals surface area contributed by atoms with E-state index in [2.05, 4.69) is 0 Å². The van der Waals surface area contributed by atoms with Crippen molar-refractivity contribution in [1.82, 2.24) is 9.80 Å². The van der Waals surface area contributed by atoms with Gasteiger partial charge in [-0.05, 0) is 25.0 Å². The molecule has 0 N–H and O–H groups in total. The van der Waals surface area contributed by atoms with Crippen LogP contribution in [0.2, 0.25) is 0 Å². The number of nitrogens with zero attached hydrogens (tertiary/aromatic N) is 3. The van der Waals surface area contributed by atoms with Crippen LogP contribution in [0.15, 0.2) is 24.3 Å². The number of rotatable bonds is 1. The third kappa shape index (κ3) is 2.08. The highest BCUT2D eigenvalue weighted by Gasteiger charge is 2.59. The van der Waals surface area contributed by atoms with Crippen LogP contribution in [-0.2, 0) is 9.59 Å². The fourth-order valence-corrected chi connectivity index (χ4v) is 4.21. The van der Waals surface area contributed by atoms with Crippen molar-refractivity contribution in [2.24, 2.45) is 0 Å². The van der Waals surface area contributed by atoms with Crippen molar-refractivity contribution in [3.05, 3.63) is 24.3 Å². The van der Waals surface area contributed by atoms with Gasteiger partial charge in [-0.3, -0.25) is 9.59 Å². The van der Waals surface area contributed by atoms with Crippen molar-refractivity contribution < 1.29 is 19.1 Å². The number of fused-ring (bicyclic) bond motifs is 1. The maximum absolute atomic E-state index is 13.1. The molecule has 2 fully saturated rings. The van der Waals surface area contributed by atoms with Crippen LogP contribution in [0.1, 0.15) is 25.7 Å². The molecule has 4 rings (SSSR count). The quantitative estimate of drug-likeness (QED) is 0.727. The summed E-state index contributed by atoms with van der Waals surface area (Å²) in [6.07, 6.45) is 3.14. The topological polar surface area (TPSA) is 70.2 Å². The predicted octanol–water partition coefficient (Wildman–Crippen LogP) is 1.62. The molecular formula is C18H21N3O4. The van der Waals surface area contributed by atoms with Gasteiger partial charge < -0.3 is 14.5 Å². The Balaban J connectivity index is 1.69. The lowest BCUT2D eigenvalue weighted by Crippen LogP contribution is -2.53. The van der Waals surface area contributed by atoms with Gasteiger partial charge in [0.15, 0.2) is 6.04 Å². The first kappa shape index (κ1) is 15.9. The molecule has 2 heterocycles. The van der Waals surface area contributed by atoms with Crippen LogP contribution in [0, 0.1) is 0 Å². The number of amides is 4.